The Kier molecular flexibility index (Phi) is 10.1. The molecule has 0 radical (unpaired) electrons. The molecule has 0 fully saturated rings. The van der Waals surface area contributed by atoms with Crippen molar-refractivity contribution in [3.8, 4) is 0 Å². The summed E-state index contributed by atoms with van der Waals surface area (Å²) in [5.41, 5.74) is 1.95. The number of nitrogens with zero attached hydrogens (tertiary/aromatic N) is 3. The van der Waals surface area contributed by atoms with Crippen LogP contribution in [-0.4, -0.2) is 58.1 Å². The number of fused-ring (bicyclic) bond motifs is 4. The summed E-state index contributed by atoms with van der Waals surface area (Å²) in [4.78, 5) is 63.8. The monoisotopic (exact) mass is 630 g/mol. The van der Waals surface area contributed by atoms with Gasteiger partial charge in [0, 0.05) is 29.4 Å². The second-order valence-electron chi connectivity index (χ2n) is 10.8. The first-order chi connectivity index (χ1) is 21.3. The van der Waals surface area contributed by atoms with E-state index in [1.54, 1.807) is 35.0 Å². The van der Waals surface area contributed by atoms with E-state index in [-0.39, 0.29) is 60.6 Å². The minimum Gasteiger partial charge on any atom is -0.351 e. The van der Waals surface area contributed by atoms with Crippen LogP contribution in [0.15, 0.2) is 71.4 Å². The maximum atomic E-state index is 13.5. The average Bonchev–Trinajstić information content (AvgIpc) is 3.72. The number of benzene rings is 2. The van der Waals surface area contributed by atoms with Crippen LogP contribution in [0.3, 0.4) is 0 Å². The van der Waals surface area contributed by atoms with E-state index in [4.69, 9.17) is 0 Å². The van der Waals surface area contributed by atoms with Gasteiger partial charge >= 0.3 is 0 Å². The molecule has 0 spiro atoms. The first-order valence-corrected chi connectivity index (χ1v) is 16.2. The molecule has 2 aromatic heterocycles. The van der Waals surface area contributed by atoms with E-state index in [1.807, 2.05) is 50.2 Å². The Labute approximate surface area is 263 Å². The van der Waals surface area contributed by atoms with Crippen LogP contribution in [0.5, 0.6) is 0 Å². The number of amides is 4. The summed E-state index contributed by atoms with van der Waals surface area (Å²) in [6, 6.07) is 17.6. The minimum atomic E-state index is -0.520. The molecule has 3 heterocycles. The van der Waals surface area contributed by atoms with Crippen molar-refractivity contribution in [1.82, 2.24) is 30.8 Å². The van der Waals surface area contributed by atoms with E-state index in [0.717, 1.165) is 5.56 Å². The van der Waals surface area contributed by atoms with Crippen molar-refractivity contribution in [3.63, 3.8) is 0 Å². The maximum absolute atomic E-state index is 13.5. The largest absolute Gasteiger partial charge is 0.351 e. The predicted molar refractivity (Wildman–Crippen MR) is 170 cm³/mol. The summed E-state index contributed by atoms with van der Waals surface area (Å²) in [6.45, 7) is 4.30. The van der Waals surface area contributed by atoms with Crippen molar-refractivity contribution >= 4 is 46.3 Å². The summed E-state index contributed by atoms with van der Waals surface area (Å²) in [7, 11) is 0. The maximum Gasteiger partial charge on any atom is 0.271 e. The summed E-state index contributed by atoms with van der Waals surface area (Å²) >= 11 is 2.61. The standard InChI is InChI=1S/C32H34N6O4S2/c1-20(2)27-31-36-24(18-44-31)28(40)33-14-9-15-38(32(42)22-12-7-4-8-13-22)17-26(39)34-23(16-21-10-5-3-6-11-21)30-35-25(19-43-30)29(41)37-27/h3-8,10-13,18-20,23,27H,9,14-17H2,1-2H3,(H,33,40)(H,34,39)(H,37,41)/t23-,27-/m0/s1. The number of carbonyl (C=O) groups excluding carboxylic acids is 4. The van der Waals surface area contributed by atoms with E-state index in [0.29, 0.717) is 28.4 Å². The van der Waals surface area contributed by atoms with Gasteiger partial charge in [0.1, 0.15) is 21.4 Å². The quantitative estimate of drug-likeness (QED) is 0.306. The van der Waals surface area contributed by atoms with E-state index in [2.05, 4.69) is 25.9 Å². The van der Waals surface area contributed by atoms with Crippen molar-refractivity contribution in [2.45, 2.75) is 38.8 Å². The van der Waals surface area contributed by atoms with Crippen molar-refractivity contribution in [1.29, 1.82) is 0 Å². The van der Waals surface area contributed by atoms with E-state index >= 15 is 0 Å². The summed E-state index contributed by atoms with van der Waals surface area (Å²) in [6.07, 6.45) is 0.888. The molecule has 2 atom stereocenters. The third kappa shape index (κ3) is 7.74. The Balaban J connectivity index is 1.47. The zero-order valence-electron chi connectivity index (χ0n) is 24.5. The topological polar surface area (TPSA) is 133 Å². The molecular formula is C32H34N6O4S2. The van der Waals surface area contributed by atoms with Gasteiger partial charge in [-0.1, -0.05) is 62.4 Å². The van der Waals surface area contributed by atoms with E-state index < -0.39 is 12.1 Å². The van der Waals surface area contributed by atoms with Crippen LogP contribution in [-0.2, 0) is 11.2 Å². The highest BCUT2D eigenvalue weighted by Crippen LogP contribution is 2.27. The molecule has 10 nitrogen and oxygen atoms in total. The molecule has 0 aliphatic carbocycles. The lowest BCUT2D eigenvalue weighted by atomic mass is 10.0. The molecule has 1 aliphatic heterocycles. The predicted octanol–water partition coefficient (Wildman–Crippen LogP) is 4.40. The van der Waals surface area contributed by atoms with Gasteiger partial charge in [-0.2, -0.15) is 0 Å². The van der Waals surface area contributed by atoms with Crippen LogP contribution in [0.2, 0.25) is 0 Å². The second kappa shape index (κ2) is 14.4. The highest BCUT2D eigenvalue weighted by atomic mass is 32.1. The Morgan fingerprint density at radius 1 is 0.886 bits per heavy atom. The number of thiazole rings is 2. The first kappa shape index (κ1) is 31.0. The number of rotatable bonds is 4. The summed E-state index contributed by atoms with van der Waals surface area (Å²) in [5.74, 6) is -1.34. The van der Waals surface area contributed by atoms with Crippen LogP contribution < -0.4 is 16.0 Å². The molecule has 44 heavy (non-hydrogen) atoms. The molecule has 12 heteroatoms. The molecule has 4 aromatic rings. The van der Waals surface area contributed by atoms with Crippen molar-refractivity contribution in [2.24, 2.45) is 5.92 Å². The van der Waals surface area contributed by atoms with E-state index in [9.17, 15) is 19.2 Å². The third-order valence-corrected chi connectivity index (χ3v) is 9.06. The van der Waals surface area contributed by atoms with Crippen LogP contribution >= 0.6 is 22.7 Å². The third-order valence-electron chi connectivity index (χ3n) is 7.18. The first-order valence-electron chi connectivity index (χ1n) is 14.5. The Hall–Kier alpha value is -4.42. The SMILES string of the molecule is CC(C)[C@@H]1NC(=O)c2csc(n2)[C@H](Cc2ccccc2)NC(=O)CN(C(=O)c2ccccc2)CCCNC(=O)c2csc1n2. The number of aromatic nitrogens is 2. The number of nitrogens with one attached hydrogen (secondary N) is 3. The summed E-state index contributed by atoms with van der Waals surface area (Å²) < 4.78 is 0. The van der Waals surface area contributed by atoms with Crippen LogP contribution in [0.1, 0.15) is 79.3 Å². The Morgan fingerprint density at radius 3 is 2.23 bits per heavy atom. The lowest BCUT2D eigenvalue weighted by Gasteiger charge is -2.24. The molecule has 3 N–H and O–H groups in total. The highest BCUT2D eigenvalue weighted by Gasteiger charge is 2.27. The van der Waals surface area contributed by atoms with Crippen molar-refractivity contribution < 1.29 is 19.2 Å². The van der Waals surface area contributed by atoms with Crippen LogP contribution in [0.25, 0.3) is 0 Å². The molecule has 1 aliphatic rings. The summed E-state index contributed by atoms with van der Waals surface area (Å²) in [5, 5.41) is 13.5. The van der Waals surface area contributed by atoms with E-state index in [1.165, 1.54) is 27.6 Å². The fourth-order valence-electron chi connectivity index (χ4n) is 4.86. The molecule has 5 rings (SSSR count). The number of hydrogen-bond acceptors (Lipinski definition) is 8. The van der Waals surface area contributed by atoms with Crippen molar-refractivity contribution in [2.75, 3.05) is 19.6 Å². The number of carbonyl (C=O) groups is 4. The van der Waals surface area contributed by atoms with Gasteiger partial charge < -0.3 is 20.9 Å². The minimum absolute atomic E-state index is 0.00600. The Bertz CT molecular complexity index is 1600. The van der Waals surface area contributed by atoms with Crippen molar-refractivity contribution in [3.05, 3.63) is 104 Å². The average molecular weight is 631 g/mol. The molecule has 2 aromatic carbocycles. The van der Waals surface area contributed by atoms with Gasteiger partial charge in [0.05, 0.1) is 18.6 Å². The smallest absolute Gasteiger partial charge is 0.271 e. The van der Waals surface area contributed by atoms with Gasteiger partial charge in [0.25, 0.3) is 17.7 Å². The lowest BCUT2D eigenvalue weighted by molar-refractivity contribution is -0.122. The lowest BCUT2D eigenvalue weighted by Crippen LogP contribution is -2.43. The fraction of sp³-hybridized carbons (Fsp3) is 0.312. The molecule has 4 amide bonds. The van der Waals surface area contributed by atoms with Gasteiger partial charge in [0.15, 0.2) is 0 Å². The zero-order chi connectivity index (χ0) is 31.1. The van der Waals surface area contributed by atoms with Gasteiger partial charge in [0.2, 0.25) is 5.91 Å². The molecule has 228 valence electrons. The fourth-order valence-corrected chi connectivity index (χ4v) is 6.73. The van der Waals surface area contributed by atoms with Gasteiger partial charge in [-0.3, -0.25) is 19.2 Å². The van der Waals surface area contributed by atoms with Crippen LogP contribution in [0, 0.1) is 5.92 Å². The molecule has 0 unspecified atom stereocenters. The molecule has 4 bridgehead atoms. The number of hydrogen-bond donors (Lipinski definition) is 3. The van der Waals surface area contributed by atoms with Gasteiger partial charge in [-0.15, -0.1) is 22.7 Å². The second-order valence-corrected chi connectivity index (χ2v) is 12.6. The van der Waals surface area contributed by atoms with Crippen LogP contribution in [0.4, 0.5) is 0 Å². The van der Waals surface area contributed by atoms with Gasteiger partial charge in [-0.25, -0.2) is 9.97 Å². The molecular weight excluding hydrogens is 597 g/mol. The zero-order valence-corrected chi connectivity index (χ0v) is 26.1. The Morgan fingerprint density at radius 2 is 1.52 bits per heavy atom. The van der Waals surface area contributed by atoms with Gasteiger partial charge in [-0.05, 0) is 36.5 Å². The highest BCUT2D eigenvalue weighted by molar-refractivity contribution is 7.10. The normalized spacial score (nSPS) is 18.4. The molecule has 0 saturated carbocycles. The molecule has 0 saturated heterocycles.